The number of thiophene rings is 1. The van der Waals surface area contributed by atoms with Crippen LogP contribution >= 0.6 is 11.3 Å². The maximum Gasteiger partial charge on any atom is 0.387 e. The van der Waals surface area contributed by atoms with Crippen LogP contribution in [-0.4, -0.2) is 34.4 Å². The molecule has 0 bridgehead atoms. The highest BCUT2D eigenvalue weighted by Gasteiger charge is 2.20. The summed E-state index contributed by atoms with van der Waals surface area (Å²) in [5, 5.41) is 9.68. The van der Waals surface area contributed by atoms with Crippen LogP contribution in [0.2, 0.25) is 0 Å². The van der Waals surface area contributed by atoms with Crippen molar-refractivity contribution in [1.82, 2.24) is 14.8 Å². The molecule has 4 rings (SSSR count). The minimum absolute atomic E-state index is 0.132. The lowest BCUT2D eigenvalue weighted by molar-refractivity contribution is -0.0511. The lowest BCUT2D eigenvalue weighted by Crippen LogP contribution is -2.14. The number of anilines is 1. The highest BCUT2D eigenvalue weighted by Crippen LogP contribution is 2.33. The van der Waals surface area contributed by atoms with Crippen LogP contribution in [0.1, 0.15) is 16.1 Å². The Bertz CT molecular complexity index is 1260. The van der Waals surface area contributed by atoms with Gasteiger partial charge in [-0.15, -0.1) is 11.3 Å². The van der Waals surface area contributed by atoms with Gasteiger partial charge < -0.3 is 14.8 Å². The zero-order valence-corrected chi connectivity index (χ0v) is 17.7. The van der Waals surface area contributed by atoms with E-state index in [4.69, 9.17) is 4.74 Å². The highest BCUT2D eigenvalue weighted by atomic mass is 32.1. The molecule has 0 spiro atoms. The molecule has 31 heavy (non-hydrogen) atoms. The summed E-state index contributed by atoms with van der Waals surface area (Å²) in [5.41, 5.74) is 2.54. The SMILES string of the molecule is COc1ccc(NC(=O)c2cc(-c3cccs3)nc3c2c(C)nn3C)cc1OC(F)F. The first kappa shape index (κ1) is 20.7. The third-order valence-electron chi connectivity index (χ3n) is 4.62. The van der Waals surface area contributed by atoms with Crippen molar-refractivity contribution < 1.29 is 23.0 Å². The second kappa shape index (κ2) is 8.31. The number of alkyl halides is 2. The fourth-order valence-corrected chi connectivity index (χ4v) is 4.00. The number of methoxy groups -OCH3 is 1. The molecule has 160 valence electrons. The van der Waals surface area contributed by atoms with E-state index in [1.165, 1.54) is 30.6 Å². The lowest BCUT2D eigenvalue weighted by atomic mass is 10.1. The fraction of sp³-hybridized carbons (Fsp3) is 0.190. The summed E-state index contributed by atoms with van der Waals surface area (Å²) in [4.78, 5) is 18.8. The van der Waals surface area contributed by atoms with Crippen LogP contribution in [0, 0.1) is 6.92 Å². The number of rotatable bonds is 6. The Kier molecular flexibility index (Phi) is 5.55. The molecule has 3 heterocycles. The summed E-state index contributed by atoms with van der Waals surface area (Å²) in [6.07, 6.45) is 0. The number of aromatic nitrogens is 3. The molecule has 0 unspecified atom stereocenters. The number of amides is 1. The largest absolute Gasteiger partial charge is 0.493 e. The van der Waals surface area contributed by atoms with E-state index in [0.29, 0.717) is 28.0 Å². The van der Waals surface area contributed by atoms with Crippen molar-refractivity contribution in [3.63, 3.8) is 0 Å². The van der Waals surface area contributed by atoms with E-state index >= 15 is 0 Å². The number of carbonyl (C=O) groups excluding carboxylic acids is 1. The van der Waals surface area contributed by atoms with Gasteiger partial charge >= 0.3 is 6.61 Å². The Hall–Kier alpha value is -3.53. The maximum absolute atomic E-state index is 13.2. The van der Waals surface area contributed by atoms with Gasteiger partial charge in [0.05, 0.1) is 34.3 Å². The zero-order chi connectivity index (χ0) is 22.1. The average Bonchev–Trinajstić information content (AvgIpc) is 3.36. The summed E-state index contributed by atoms with van der Waals surface area (Å²) in [6, 6.07) is 9.81. The number of ether oxygens (including phenoxy) is 2. The number of nitrogens with zero attached hydrogens (tertiary/aromatic N) is 3. The van der Waals surface area contributed by atoms with E-state index in [1.54, 1.807) is 30.8 Å². The number of halogens is 2. The van der Waals surface area contributed by atoms with Crippen molar-refractivity contribution in [3.8, 4) is 22.1 Å². The van der Waals surface area contributed by atoms with Crippen LogP contribution in [0.5, 0.6) is 11.5 Å². The van der Waals surface area contributed by atoms with E-state index in [9.17, 15) is 13.6 Å². The number of carbonyl (C=O) groups is 1. The van der Waals surface area contributed by atoms with E-state index < -0.39 is 12.5 Å². The van der Waals surface area contributed by atoms with Crippen molar-refractivity contribution in [3.05, 3.63) is 53.0 Å². The summed E-state index contributed by atoms with van der Waals surface area (Å²) in [6.45, 7) is -1.22. The topological polar surface area (TPSA) is 78.3 Å². The fourth-order valence-electron chi connectivity index (χ4n) is 3.32. The molecule has 10 heteroatoms. The van der Waals surface area contributed by atoms with Crippen LogP contribution in [-0.2, 0) is 7.05 Å². The number of hydrogen-bond acceptors (Lipinski definition) is 6. The summed E-state index contributed by atoms with van der Waals surface area (Å²) >= 11 is 1.51. The summed E-state index contributed by atoms with van der Waals surface area (Å²) in [7, 11) is 3.11. The van der Waals surface area contributed by atoms with Gasteiger partial charge in [0, 0.05) is 18.8 Å². The van der Waals surface area contributed by atoms with E-state index in [2.05, 4.69) is 20.1 Å². The molecule has 0 radical (unpaired) electrons. The van der Waals surface area contributed by atoms with Crippen molar-refractivity contribution in [2.45, 2.75) is 13.5 Å². The van der Waals surface area contributed by atoms with Gasteiger partial charge in [0.25, 0.3) is 5.91 Å². The first-order valence-corrected chi connectivity index (χ1v) is 10.1. The van der Waals surface area contributed by atoms with Gasteiger partial charge in [0.1, 0.15) is 0 Å². The van der Waals surface area contributed by atoms with Crippen LogP contribution in [0.25, 0.3) is 21.6 Å². The number of hydrogen-bond donors (Lipinski definition) is 1. The Morgan fingerprint density at radius 3 is 2.71 bits per heavy atom. The van der Waals surface area contributed by atoms with Crippen LogP contribution in [0.4, 0.5) is 14.5 Å². The van der Waals surface area contributed by atoms with Crippen molar-refractivity contribution in [2.75, 3.05) is 12.4 Å². The number of aryl methyl sites for hydroxylation is 2. The minimum Gasteiger partial charge on any atom is -0.493 e. The Morgan fingerprint density at radius 1 is 1.23 bits per heavy atom. The predicted molar refractivity (Wildman–Crippen MR) is 114 cm³/mol. The van der Waals surface area contributed by atoms with Gasteiger partial charge in [0.2, 0.25) is 0 Å². The number of nitrogens with one attached hydrogen (secondary N) is 1. The van der Waals surface area contributed by atoms with E-state index in [1.807, 2.05) is 17.5 Å². The maximum atomic E-state index is 13.2. The van der Waals surface area contributed by atoms with E-state index in [-0.39, 0.29) is 17.2 Å². The Balaban J connectivity index is 1.76. The molecule has 1 N–H and O–H groups in total. The molecule has 0 atom stereocenters. The second-order valence-corrected chi connectivity index (χ2v) is 7.59. The lowest BCUT2D eigenvalue weighted by Gasteiger charge is -2.13. The Labute approximate surface area is 180 Å². The van der Waals surface area contributed by atoms with E-state index in [0.717, 1.165) is 4.88 Å². The van der Waals surface area contributed by atoms with Crippen molar-refractivity contribution >= 4 is 34.0 Å². The van der Waals surface area contributed by atoms with Crippen LogP contribution in [0.15, 0.2) is 41.8 Å². The minimum atomic E-state index is -3.02. The number of fused-ring (bicyclic) bond motifs is 1. The molecule has 0 saturated heterocycles. The first-order valence-electron chi connectivity index (χ1n) is 9.19. The smallest absolute Gasteiger partial charge is 0.387 e. The Morgan fingerprint density at radius 2 is 2.03 bits per heavy atom. The number of pyridine rings is 1. The molecule has 0 aliphatic rings. The van der Waals surface area contributed by atoms with Crippen molar-refractivity contribution in [1.29, 1.82) is 0 Å². The molecule has 7 nitrogen and oxygen atoms in total. The molecule has 3 aromatic heterocycles. The van der Waals surface area contributed by atoms with Gasteiger partial charge in [0.15, 0.2) is 17.1 Å². The third kappa shape index (κ3) is 4.06. The second-order valence-electron chi connectivity index (χ2n) is 6.64. The quantitative estimate of drug-likeness (QED) is 0.459. The number of benzene rings is 1. The molecule has 0 aliphatic heterocycles. The predicted octanol–water partition coefficient (Wildman–Crippen LogP) is 4.87. The average molecular weight is 444 g/mol. The molecule has 4 aromatic rings. The molecule has 0 saturated carbocycles. The molecular formula is C21H18F2N4O3S. The van der Waals surface area contributed by atoms with Gasteiger partial charge in [-0.3, -0.25) is 9.48 Å². The monoisotopic (exact) mass is 444 g/mol. The highest BCUT2D eigenvalue weighted by molar-refractivity contribution is 7.13. The van der Waals surface area contributed by atoms with Crippen LogP contribution in [0.3, 0.4) is 0 Å². The molecular weight excluding hydrogens is 426 g/mol. The van der Waals surface area contributed by atoms with Gasteiger partial charge in [-0.25, -0.2) is 4.98 Å². The van der Waals surface area contributed by atoms with Crippen molar-refractivity contribution in [2.24, 2.45) is 7.05 Å². The standard InChI is InChI=1S/C21H18F2N4O3S/c1-11-18-13(10-14(17-5-4-8-31-17)25-19(18)27(2)26-11)20(28)24-12-6-7-15(29-3)16(9-12)30-21(22)23/h4-10,21H,1-3H3,(H,24,28). The molecule has 0 fully saturated rings. The van der Waals surface area contributed by atoms with Crippen LogP contribution < -0.4 is 14.8 Å². The first-order chi connectivity index (χ1) is 14.9. The molecule has 1 aromatic carbocycles. The third-order valence-corrected chi connectivity index (χ3v) is 5.52. The van der Waals surface area contributed by atoms with Gasteiger partial charge in [-0.2, -0.15) is 13.9 Å². The van der Waals surface area contributed by atoms with Gasteiger partial charge in [-0.1, -0.05) is 6.07 Å². The summed E-state index contributed by atoms with van der Waals surface area (Å²) in [5.74, 6) is -0.464. The molecule has 1 amide bonds. The summed E-state index contributed by atoms with van der Waals surface area (Å²) < 4.78 is 36.6. The normalized spacial score (nSPS) is 11.2. The van der Waals surface area contributed by atoms with Gasteiger partial charge in [-0.05, 0) is 36.6 Å². The molecule has 0 aliphatic carbocycles. The zero-order valence-electron chi connectivity index (χ0n) is 16.8.